The minimum atomic E-state index is 0.0526. The first-order chi connectivity index (χ1) is 13.0. The summed E-state index contributed by atoms with van der Waals surface area (Å²) in [6.07, 6.45) is 8.40. The van der Waals surface area contributed by atoms with Crippen LogP contribution in [0.3, 0.4) is 0 Å². The lowest BCUT2D eigenvalue weighted by Crippen LogP contribution is -2.56. The van der Waals surface area contributed by atoms with Gasteiger partial charge in [-0.2, -0.15) is 0 Å². The van der Waals surface area contributed by atoms with Crippen LogP contribution in [0.2, 0.25) is 0 Å². The first-order valence-corrected chi connectivity index (χ1v) is 10.8. The molecule has 148 valence electrons. The zero-order chi connectivity index (χ0) is 19.1. The van der Waals surface area contributed by atoms with E-state index in [1.807, 2.05) is 0 Å². The van der Waals surface area contributed by atoms with Gasteiger partial charge in [-0.1, -0.05) is 36.8 Å². The second kappa shape index (κ2) is 7.12. The Labute approximate surface area is 164 Å². The number of urea groups is 1. The zero-order valence-corrected chi connectivity index (χ0v) is 17.3. The molecular weight excluding hydrogens is 334 g/mol. The SMILES string of the molecule is CCN1CC2(CCC(c3ccccc3)(N(C)C)CC2)N(CC2CCC2)C1=O. The Balaban J connectivity index is 1.58. The highest BCUT2D eigenvalue weighted by Gasteiger charge is 2.54. The van der Waals surface area contributed by atoms with Crippen LogP contribution >= 0.6 is 0 Å². The summed E-state index contributed by atoms with van der Waals surface area (Å²) >= 11 is 0. The van der Waals surface area contributed by atoms with E-state index in [-0.39, 0.29) is 11.1 Å². The molecule has 2 aliphatic carbocycles. The summed E-state index contributed by atoms with van der Waals surface area (Å²) in [7, 11) is 4.44. The van der Waals surface area contributed by atoms with Crippen molar-refractivity contribution in [1.29, 1.82) is 0 Å². The molecule has 0 N–H and O–H groups in total. The Kier molecular flexibility index (Phi) is 4.96. The van der Waals surface area contributed by atoms with Crippen molar-refractivity contribution in [1.82, 2.24) is 14.7 Å². The summed E-state index contributed by atoms with van der Waals surface area (Å²) in [6.45, 7) is 4.86. The molecule has 0 aromatic heterocycles. The fourth-order valence-corrected chi connectivity index (χ4v) is 5.63. The third-order valence-corrected chi connectivity index (χ3v) is 7.78. The normalized spacial score (nSPS) is 31.8. The van der Waals surface area contributed by atoms with Crippen LogP contribution in [0, 0.1) is 5.92 Å². The van der Waals surface area contributed by atoms with Gasteiger partial charge in [0.2, 0.25) is 0 Å². The minimum absolute atomic E-state index is 0.0526. The number of carbonyl (C=O) groups excluding carboxylic acids is 1. The fraction of sp³-hybridized carbons (Fsp3) is 0.696. The zero-order valence-electron chi connectivity index (χ0n) is 17.3. The standard InChI is InChI=1S/C23H35N3O/c1-4-25-18-22(26(21(25)27)17-19-9-8-10-19)13-15-23(16-14-22,24(2)3)20-11-6-5-7-12-20/h5-7,11-12,19H,4,8-10,13-18H2,1-3H3. The van der Waals surface area contributed by atoms with E-state index >= 15 is 0 Å². The second-order valence-corrected chi connectivity index (χ2v) is 9.22. The molecule has 2 saturated carbocycles. The van der Waals surface area contributed by atoms with Crippen molar-refractivity contribution in [3.05, 3.63) is 35.9 Å². The van der Waals surface area contributed by atoms with Crippen molar-refractivity contribution in [2.45, 2.75) is 62.9 Å². The summed E-state index contributed by atoms with van der Waals surface area (Å²) in [5, 5.41) is 0. The molecule has 1 aliphatic heterocycles. The predicted octanol–water partition coefficient (Wildman–Crippen LogP) is 4.31. The molecule has 1 saturated heterocycles. The second-order valence-electron chi connectivity index (χ2n) is 9.22. The van der Waals surface area contributed by atoms with Gasteiger partial charge in [0.15, 0.2) is 0 Å². The van der Waals surface area contributed by atoms with Gasteiger partial charge in [-0.05, 0) is 71.0 Å². The molecule has 27 heavy (non-hydrogen) atoms. The van der Waals surface area contributed by atoms with Crippen molar-refractivity contribution >= 4 is 6.03 Å². The maximum atomic E-state index is 13.1. The molecule has 0 unspecified atom stereocenters. The van der Waals surface area contributed by atoms with E-state index in [1.54, 1.807) is 0 Å². The lowest BCUT2D eigenvalue weighted by molar-refractivity contribution is 0.0160. The number of likely N-dealkylation sites (N-methyl/N-ethyl adjacent to an activating group) is 1. The quantitative estimate of drug-likeness (QED) is 0.773. The molecule has 3 fully saturated rings. The summed E-state index contributed by atoms with van der Waals surface area (Å²) < 4.78 is 0. The molecule has 4 rings (SSSR count). The van der Waals surface area contributed by atoms with Crippen LogP contribution in [0.5, 0.6) is 0 Å². The van der Waals surface area contributed by atoms with Gasteiger partial charge in [0.05, 0.1) is 5.54 Å². The van der Waals surface area contributed by atoms with E-state index in [4.69, 9.17) is 0 Å². The first-order valence-electron chi connectivity index (χ1n) is 10.8. The van der Waals surface area contributed by atoms with E-state index in [0.29, 0.717) is 6.03 Å². The highest BCUT2D eigenvalue weighted by Crippen LogP contribution is 2.49. The fourth-order valence-electron chi connectivity index (χ4n) is 5.63. The molecule has 4 heteroatoms. The van der Waals surface area contributed by atoms with E-state index < -0.39 is 0 Å². The van der Waals surface area contributed by atoms with Crippen LogP contribution in [-0.4, -0.2) is 60.0 Å². The molecule has 0 atom stereocenters. The monoisotopic (exact) mass is 369 g/mol. The molecule has 1 aromatic carbocycles. The minimum Gasteiger partial charge on any atom is -0.323 e. The van der Waals surface area contributed by atoms with Crippen LogP contribution in [0.4, 0.5) is 4.79 Å². The summed E-state index contributed by atoms with van der Waals surface area (Å²) in [5.74, 6) is 0.734. The highest BCUT2D eigenvalue weighted by molar-refractivity contribution is 5.78. The van der Waals surface area contributed by atoms with Crippen molar-refractivity contribution in [3.8, 4) is 0 Å². The van der Waals surface area contributed by atoms with E-state index in [1.165, 1.54) is 24.8 Å². The largest absolute Gasteiger partial charge is 0.323 e. The van der Waals surface area contributed by atoms with Gasteiger partial charge in [-0.15, -0.1) is 0 Å². The van der Waals surface area contributed by atoms with Crippen molar-refractivity contribution in [2.75, 3.05) is 33.7 Å². The Morgan fingerprint density at radius 1 is 1.07 bits per heavy atom. The predicted molar refractivity (Wildman–Crippen MR) is 110 cm³/mol. The molecule has 4 nitrogen and oxygen atoms in total. The van der Waals surface area contributed by atoms with Crippen molar-refractivity contribution in [2.24, 2.45) is 5.92 Å². The van der Waals surface area contributed by atoms with E-state index in [2.05, 4.69) is 66.1 Å². The molecule has 2 amide bonds. The van der Waals surface area contributed by atoms with Crippen molar-refractivity contribution in [3.63, 3.8) is 0 Å². The number of nitrogens with zero attached hydrogens (tertiary/aromatic N) is 3. The molecule has 1 aromatic rings. The number of rotatable bonds is 5. The molecular formula is C23H35N3O. The average molecular weight is 370 g/mol. The highest BCUT2D eigenvalue weighted by atomic mass is 16.2. The van der Waals surface area contributed by atoms with Gasteiger partial charge in [-0.3, -0.25) is 4.90 Å². The third kappa shape index (κ3) is 3.06. The van der Waals surface area contributed by atoms with Crippen LogP contribution in [0.1, 0.15) is 57.4 Å². The van der Waals surface area contributed by atoms with E-state index in [9.17, 15) is 4.79 Å². The Bertz CT molecular complexity index is 659. The maximum Gasteiger partial charge on any atom is 0.320 e. The number of carbonyl (C=O) groups is 1. The molecule has 0 bridgehead atoms. The Hall–Kier alpha value is -1.55. The van der Waals surface area contributed by atoms with E-state index in [0.717, 1.165) is 51.2 Å². The Morgan fingerprint density at radius 3 is 2.26 bits per heavy atom. The van der Waals surface area contributed by atoms with Crippen LogP contribution in [0.25, 0.3) is 0 Å². The number of hydrogen-bond acceptors (Lipinski definition) is 2. The van der Waals surface area contributed by atoms with Gasteiger partial charge in [0.25, 0.3) is 0 Å². The molecule has 0 radical (unpaired) electrons. The topological polar surface area (TPSA) is 26.8 Å². The molecule has 3 aliphatic rings. The number of benzene rings is 1. The lowest BCUT2D eigenvalue weighted by atomic mass is 9.68. The Morgan fingerprint density at radius 2 is 1.74 bits per heavy atom. The smallest absolute Gasteiger partial charge is 0.320 e. The average Bonchev–Trinajstić information content (AvgIpc) is 2.91. The van der Waals surface area contributed by atoms with Gasteiger partial charge in [0, 0.05) is 25.2 Å². The summed E-state index contributed by atoms with van der Waals surface area (Å²) in [6, 6.07) is 11.3. The summed E-state index contributed by atoms with van der Waals surface area (Å²) in [5.41, 5.74) is 1.57. The molecule has 1 spiro atoms. The third-order valence-electron chi connectivity index (χ3n) is 7.78. The maximum absolute atomic E-state index is 13.1. The van der Waals surface area contributed by atoms with Crippen LogP contribution in [-0.2, 0) is 5.54 Å². The lowest BCUT2D eigenvalue weighted by Gasteiger charge is -2.51. The van der Waals surface area contributed by atoms with Crippen LogP contribution in [0.15, 0.2) is 30.3 Å². The summed E-state index contributed by atoms with van der Waals surface area (Å²) in [4.78, 5) is 19.9. The van der Waals surface area contributed by atoms with Crippen molar-refractivity contribution < 1.29 is 4.79 Å². The van der Waals surface area contributed by atoms with Crippen LogP contribution < -0.4 is 0 Å². The van der Waals surface area contributed by atoms with Gasteiger partial charge >= 0.3 is 6.03 Å². The van der Waals surface area contributed by atoms with Gasteiger partial charge in [-0.25, -0.2) is 4.79 Å². The number of hydrogen-bond donors (Lipinski definition) is 0. The van der Waals surface area contributed by atoms with Gasteiger partial charge < -0.3 is 9.80 Å². The molecule has 1 heterocycles. The number of amides is 2. The van der Waals surface area contributed by atoms with Gasteiger partial charge in [0.1, 0.15) is 0 Å². The first kappa shape index (κ1) is 18.8.